The van der Waals surface area contributed by atoms with E-state index in [4.69, 9.17) is 15.7 Å². The minimum Gasteiger partial charge on any atom is -0.409 e. The largest absolute Gasteiger partial charge is 0.409 e. The van der Waals surface area contributed by atoms with Crippen molar-refractivity contribution < 1.29 is 9.94 Å². The van der Waals surface area contributed by atoms with Crippen LogP contribution < -0.4 is 5.73 Å². The topological polar surface area (TPSA) is 71.1 Å². The SMILES string of the molecule is CC1(C)CN(Cc2ccc(/C(N)=N/O)cc2)CC(C)(C)O1. The molecule has 21 heavy (non-hydrogen) atoms. The molecule has 5 nitrogen and oxygen atoms in total. The number of ether oxygens (including phenoxy) is 1. The van der Waals surface area contributed by atoms with Crippen LogP contribution in [0.5, 0.6) is 0 Å². The molecule has 0 unspecified atom stereocenters. The molecule has 0 aliphatic carbocycles. The summed E-state index contributed by atoms with van der Waals surface area (Å²) in [7, 11) is 0. The number of oxime groups is 1. The van der Waals surface area contributed by atoms with Crippen molar-refractivity contribution in [3.63, 3.8) is 0 Å². The maximum absolute atomic E-state index is 8.67. The minimum atomic E-state index is -0.143. The molecule has 2 rings (SSSR count). The van der Waals surface area contributed by atoms with Gasteiger partial charge in [0.2, 0.25) is 0 Å². The smallest absolute Gasteiger partial charge is 0.170 e. The summed E-state index contributed by atoms with van der Waals surface area (Å²) < 4.78 is 6.09. The molecule has 116 valence electrons. The van der Waals surface area contributed by atoms with Gasteiger partial charge in [-0.3, -0.25) is 4.90 Å². The second kappa shape index (κ2) is 5.66. The standard InChI is InChI=1S/C16H25N3O2/c1-15(2)10-19(11-16(3,4)21-15)9-12-5-7-13(8-6-12)14(17)18-20/h5-8,20H,9-11H2,1-4H3,(H2,17,18). The van der Waals surface area contributed by atoms with Crippen molar-refractivity contribution >= 4 is 5.84 Å². The monoisotopic (exact) mass is 291 g/mol. The van der Waals surface area contributed by atoms with E-state index in [9.17, 15) is 0 Å². The fraction of sp³-hybridized carbons (Fsp3) is 0.562. The third-order valence-corrected chi connectivity index (χ3v) is 3.52. The Morgan fingerprint density at radius 2 is 1.71 bits per heavy atom. The lowest BCUT2D eigenvalue weighted by molar-refractivity contribution is -0.182. The Morgan fingerprint density at radius 1 is 1.19 bits per heavy atom. The third-order valence-electron chi connectivity index (χ3n) is 3.52. The first-order valence-corrected chi connectivity index (χ1v) is 7.20. The number of morpholine rings is 1. The van der Waals surface area contributed by atoms with Crippen molar-refractivity contribution in [1.29, 1.82) is 0 Å². The quantitative estimate of drug-likeness (QED) is 0.387. The Hall–Kier alpha value is -1.59. The van der Waals surface area contributed by atoms with E-state index in [0.717, 1.165) is 25.2 Å². The van der Waals surface area contributed by atoms with Crippen LogP contribution in [0.2, 0.25) is 0 Å². The average molecular weight is 291 g/mol. The van der Waals surface area contributed by atoms with Crippen molar-refractivity contribution in [3.8, 4) is 0 Å². The molecule has 3 N–H and O–H groups in total. The summed E-state index contributed by atoms with van der Waals surface area (Å²) in [6, 6.07) is 7.79. The molecule has 0 atom stereocenters. The highest BCUT2D eigenvalue weighted by molar-refractivity contribution is 5.96. The molecular weight excluding hydrogens is 266 g/mol. The van der Waals surface area contributed by atoms with E-state index in [1.54, 1.807) is 0 Å². The highest BCUT2D eigenvalue weighted by Crippen LogP contribution is 2.28. The van der Waals surface area contributed by atoms with Crippen LogP contribution in [0.15, 0.2) is 29.4 Å². The van der Waals surface area contributed by atoms with Crippen LogP contribution in [-0.4, -0.2) is 40.2 Å². The maximum atomic E-state index is 8.67. The molecule has 0 bridgehead atoms. The fourth-order valence-electron chi connectivity index (χ4n) is 3.15. The summed E-state index contributed by atoms with van der Waals surface area (Å²) in [6.45, 7) is 11.2. The lowest BCUT2D eigenvalue weighted by atomic mass is 9.98. The van der Waals surface area contributed by atoms with Crippen molar-refractivity contribution in [2.75, 3.05) is 13.1 Å². The first-order valence-electron chi connectivity index (χ1n) is 7.20. The first-order chi connectivity index (χ1) is 9.71. The van der Waals surface area contributed by atoms with Gasteiger partial charge in [-0.05, 0) is 33.3 Å². The number of amidine groups is 1. The van der Waals surface area contributed by atoms with E-state index in [-0.39, 0.29) is 17.0 Å². The Morgan fingerprint density at radius 3 is 2.19 bits per heavy atom. The molecule has 1 fully saturated rings. The lowest BCUT2D eigenvalue weighted by Gasteiger charge is -2.47. The predicted molar refractivity (Wildman–Crippen MR) is 83.5 cm³/mol. The minimum absolute atomic E-state index is 0.134. The van der Waals surface area contributed by atoms with Crippen molar-refractivity contribution in [3.05, 3.63) is 35.4 Å². The number of benzene rings is 1. The fourth-order valence-corrected chi connectivity index (χ4v) is 3.15. The van der Waals surface area contributed by atoms with Crippen LogP contribution in [0.1, 0.15) is 38.8 Å². The van der Waals surface area contributed by atoms with Gasteiger partial charge in [-0.1, -0.05) is 29.4 Å². The van der Waals surface area contributed by atoms with Gasteiger partial charge in [-0.2, -0.15) is 0 Å². The zero-order valence-corrected chi connectivity index (χ0v) is 13.3. The Balaban J connectivity index is 2.07. The summed E-state index contributed by atoms with van der Waals surface area (Å²) in [5, 5.41) is 11.7. The number of rotatable bonds is 3. The van der Waals surface area contributed by atoms with Gasteiger partial charge in [0.15, 0.2) is 5.84 Å². The predicted octanol–water partition coefficient (Wildman–Crippen LogP) is 2.17. The van der Waals surface area contributed by atoms with Crippen LogP contribution in [0.25, 0.3) is 0 Å². The van der Waals surface area contributed by atoms with Crippen LogP contribution in [0.4, 0.5) is 0 Å². The zero-order chi connectivity index (χ0) is 15.7. The summed E-state index contributed by atoms with van der Waals surface area (Å²) in [6.07, 6.45) is 0. The molecule has 0 radical (unpaired) electrons. The summed E-state index contributed by atoms with van der Waals surface area (Å²) in [5.74, 6) is 0.134. The van der Waals surface area contributed by atoms with E-state index in [2.05, 4.69) is 37.8 Å². The van der Waals surface area contributed by atoms with Crippen LogP contribution in [0, 0.1) is 0 Å². The molecule has 1 heterocycles. The molecular formula is C16H25N3O2. The molecule has 0 spiro atoms. The summed E-state index contributed by atoms with van der Waals surface area (Å²) in [4.78, 5) is 2.40. The number of hydrogen-bond acceptors (Lipinski definition) is 4. The molecule has 0 amide bonds. The highest BCUT2D eigenvalue weighted by atomic mass is 16.5. The Kier molecular flexibility index (Phi) is 4.25. The molecule has 1 saturated heterocycles. The van der Waals surface area contributed by atoms with Gasteiger partial charge in [0.05, 0.1) is 11.2 Å². The van der Waals surface area contributed by atoms with Gasteiger partial charge in [0, 0.05) is 25.2 Å². The van der Waals surface area contributed by atoms with Crippen molar-refractivity contribution in [2.24, 2.45) is 10.9 Å². The molecule has 1 aliphatic heterocycles. The van der Waals surface area contributed by atoms with Gasteiger partial charge in [-0.15, -0.1) is 0 Å². The molecule has 5 heteroatoms. The number of hydrogen-bond donors (Lipinski definition) is 2. The molecule has 0 aromatic heterocycles. The number of nitrogens with zero attached hydrogens (tertiary/aromatic N) is 2. The molecule has 0 saturated carbocycles. The highest BCUT2D eigenvalue weighted by Gasteiger charge is 2.37. The maximum Gasteiger partial charge on any atom is 0.170 e. The Bertz CT molecular complexity index is 505. The average Bonchev–Trinajstić information content (AvgIpc) is 2.35. The van der Waals surface area contributed by atoms with Gasteiger partial charge in [0.25, 0.3) is 0 Å². The molecule has 1 aromatic carbocycles. The van der Waals surface area contributed by atoms with E-state index >= 15 is 0 Å². The van der Waals surface area contributed by atoms with E-state index in [0.29, 0.717) is 0 Å². The van der Waals surface area contributed by atoms with Gasteiger partial charge in [-0.25, -0.2) is 0 Å². The van der Waals surface area contributed by atoms with Gasteiger partial charge in [0.1, 0.15) is 0 Å². The van der Waals surface area contributed by atoms with Crippen LogP contribution in [-0.2, 0) is 11.3 Å². The second-order valence-corrected chi connectivity index (χ2v) is 6.95. The zero-order valence-electron chi connectivity index (χ0n) is 13.3. The lowest BCUT2D eigenvalue weighted by Crippen LogP contribution is -2.56. The van der Waals surface area contributed by atoms with Crippen molar-refractivity contribution in [1.82, 2.24) is 4.90 Å². The second-order valence-electron chi connectivity index (χ2n) is 6.95. The molecule has 1 aromatic rings. The summed E-state index contributed by atoms with van der Waals surface area (Å²) in [5.41, 5.74) is 7.22. The summed E-state index contributed by atoms with van der Waals surface area (Å²) >= 11 is 0. The first kappa shape index (κ1) is 15.8. The van der Waals surface area contributed by atoms with E-state index in [1.165, 1.54) is 5.56 Å². The van der Waals surface area contributed by atoms with E-state index in [1.807, 2.05) is 24.3 Å². The van der Waals surface area contributed by atoms with E-state index < -0.39 is 0 Å². The number of nitrogens with two attached hydrogens (primary N) is 1. The Labute approximate surface area is 126 Å². The van der Waals surface area contributed by atoms with Crippen LogP contribution >= 0.6 is 0 Å². The normalized spacial score (nSPS) is 22.2. The van der Waals surface area contributed by atoms with Crippen molar-refractivity contribution in [2.45, 2.75) is 45.4 Å². The van der Waals surface area contributed by atoms with Gasteiger partial charge >= 0.3 is 0 Å². The molecule has 1 aliphatic rings. The third kappa shape index (κ3) is 4.19. The van der Waals surface area contributed by atoms with Gasteiger partial charge < -0.3 is 15.7 Å². The van der Waals surface area contributed by atoms with Crippen LogP contribution in [0.3, 0.4) is 0 Å².